The topological polar surface area (TPSA) is 83.9 Å². The highest BCUT2D eigenvalue weighted by molar-refractivity contribution is 7.09. The number of anilines is 2. The summed E-state index contributed by atoms with van der Waals surface area (Å²) in [6.07, 6.45) is 6.97. The summed E-state index contributed by atoms with van der Waals surface area (Å²) in [4.78, 5) is 32.6. The first-order chi connectivity index (χ1) is 14.5. The van der Waals surface area contributed by atoms with Crippen LogP contribution in [0.4, 0.5) is 11.6 Å². The molecule has 1 unspecified atom stereocenters. The van der Waals surface area contributed by atoms with Crippen LogP contribution in [0.25, 0.3) is 6.08 Å². The fourth-order valence-electron chi connectivity index (χ4n) is 3.61. The SMILES string of the molecule is Cc1nc(Nc2ncccc2C)cc(C2CCCN2C(=O)/C=C/c2csc(C)n2)n1. The van der Waals surface area contributed by atoms with Crippen LogP contribution in [0.15, 0.2) is 35.9 Å². The zero-order valence-electron chi connectivity index (χ0n) is 17.3. The third-order valence-corrected chi connectivity index (χ3v) is 5.82. The molecule has 4 rings (SSSR count). The lowest BCUT2D eigenvalue weighted by atomic mass is 10.1. The summed E-state index contributed by atoms with van der Waals surface area (Å²) in [5, 5.41) is 6.22. The standard InChI is InChI=1S/C22H24N6OS/c1-14-6-4-10-23-22(14)27-20-12-18(24-15(2)25-20)19-7-5-11-28(19)21(29)9-8-17-13-30-16(3)26-17/h4,6,8-10,12-13,19H,5,7,11H2,1-3H3,(H,23,24,25,27)/b9-8+. The van der Waals surface area contributed by atoms with Gasteiger partial charge in [0, 0.05) is 30.3 Å². The number of nitrogens with zero attached hydrogens (tertiary/aromatic N) is 5. The lowest BCUT2D eigenvalue weighted by Gasteiger charge is -2.23. The molecule has 1 amide bonds. The Morgan fingerprint density at radius 2 is 2.13 bits per heavy atom. The second-order valence-corrected chi connectivity index (χ2v) is 8.40. The molecular formula is C22H24N6OS. The van der Waals surface area contributed by atoms with Crippen LogP contribution < -0.4 is 5.32 Å². The Labute approximate surface area is 179 Å². The number of carbonyl (C=O) groups excluding carboxylic acids is 1. The van der Waals surface area contributed by atoms with E-state index in [0.29, 0.717) is 11.6 Å². The summed E-state index contributed by atoms with van der Waals surface area (Å²) >= 11 is 1.57. The summed E-state index contributed by atoms with van der Waals surface area (Å²) in [5.41, 5.74) is 2.70. The smallest absolute Gasteiger partial charge is 0.247 e. The minimum absolute atomic E-state index is 0.0190. The van der Waals surface area contributed by atoms with Crippen LogP contribution in [0.3, 0.4) is 0 Å². The maximum Gasteiger partial charge on any atom is 0.247 e. The van der Waals surface area contributed by atoms with E-state index < -0.39 is 0 Å². The van der Waals surface area contributed by atoms with E-state index in [2.05, 4.69) is 25.3 Å². The van der Waals surface area contributed by atoms with Gasteiger partial charge >= 0.3 is 0 Å². The number of rotatable bonds is 5. The number of carbonyl (C=O) groups is 1. The van der Waals surface area contributed by atoms with Crippen molar-refractivity contribution in [3.63, 3.8) is 0 Å². The molecule has 0 aliphatic carbocycles. The largest absolute Gasteiger partial charge is 0.331 e. The molecule has 30 heavy (non-hydrogen) atoms. The van der Waals surface area contributed by atoms with Crippen LogP contribution in [0.5, 0.6) is 0 Å². The van der Waals surface area contributed by atoms with Crippen molar-refractivity contribution in [2.75, 3.05) is 11.9 Å². The summed E-state index contributed by atoms with van der Waals surface area (Å²) in [6, 6.07) is 5.76. The van der Waals surface area contributed by atoms with Crippen molar-refractivity contribution in [3.05, 3.63) is 63.6 Å². The average molecular weight is 421 g/mol. The molecule has 0 aromatic carbocycles. The third-order valence-electron chi connectivity index (χ3n) is 5.02. The van der Waals surface area contributed by atoms with Gasteiger partial charge in [0.2, 0.25) is 5.91 Å². The van der Waals surface area contributed by atoms with E-state index in [4.69, 9.17) is 0 Å². The molecule has 3 aromatic rings. The van der Waals surface area contributed by atoms with E-state index in [-0.39, 0.29) is 11.9 Å². The van der Waals surface area contributed by atoms with Crippen LogP contribution in [0.2, 0.25) is 0 Å². The number of hydrogen-bond donors (Lipinski definition) is 1. The predicted octanol–water partition coefficient (Wildman–Crippen LogP) is 4.37. The van der Waals surface area contributed by atoms with Crippen molar-refractivity contribution in [1.29, 1.82) is 0 Å². The Morgan fingerprint density at radius 3 is 2.90 bits per heavy atom. The second-order valence-electron chi connectivity index (χ2n) is 7.33. The quantitative estimate of drug-likeness (QED) is 0.617. The number of aryl methyl sites for hydroxylation is 3. The first-order valence-electron chi connectivity index (χ1n) is 9.94. The van der Waals surface area contributed by atoms with Gasteiger partial charge in [0.25, 0.3) is 0 Å². The van der Waals surface area contributed by atoms with Gasteiger partial charge in [-0.15, -0.1) is 11.3 Å². The Bertz CT molecular complexity index is 1090. The molecule has 1 fully saturated rings. The van der Waals surface area contributed by atoms with Crippen LogP contribution in [0, 0.1) is 20.8 Å². The number of likely N-dealkylation sites (tertiary alicyclic amines) is 1. The third kappa shape index (κ3) is 4.54. The molecule has 1 aliphatic heterocycles. The van der Waals surface area contributed by atoms with Crippen molar-refractivity contribution in [1.82, 2.24) is 24.8 Å². The van der Waals surface area contributed by atoms with E-state index in [0.717, 1.165) is 47.2 Å². The van der Waals surface area contributed by atoms with E-state index in [1.165, 1.54) is 0 Å². The van der Waals surface area contributed by atoms with Crippen molar-refractivity contribution in [2.24, 2.45) is 0 Å². The van der Waals surface area contributed by atoms with Crippen LogP contribution in [0.1, 0.15) is 46.7 Å². The number of thiazole rings is 1. The summed E-state index contributed by atoms with van der Waals surface area (Å²) in [5.74, 6) is 2.10. The molecule has 8 heteroatoms. The lowest BCUT2D eigenvalue weighted by molar-refractivity contribution is -0.126. The summed E-state index contributed by atoms with van der Waals surface area (Å²) in [7, 11) is 0. The molecule has 3 aromatic heterocycles. The highest BCUT2D eigenvalue weighted by atomic mass is 32.1. The van der Waals surface area contributed by atoms with Gasteiger partial charge in [-0.25, -0.2) is 19.9 Å². The van der Waals surface area contributed by atoms with Crippen molar-refractivity contribution >= 4 is 35.0 Å². The van der Waals surface area contributed by atoms with Crippen molar-refractivity contribution < 1.29 is 4.79 Å². The van der Waals surface area contributed by atoms with E-state index in [1.807, 2.05) is 49.3 Å². The molecule has 4 heterocycles. The molecule has 0 spiro atoms. The van der Waals surface area contributed by atoms with Crippen LogP contribution >= 0.6 is 11.3 Å². The Hall–Kier alpha value is -3.13. The number of aromatic nitrogens is 4. The summed E-state index contributed by atoms with van der Waals surface area (Å²) < 4.78 is 0. The second kappa shape index (κ2) is 8.71. The zero-order valence-corrected chi connectivity index (χ0v) is 18.1. The average Bonchev–Trinajstić information content (AvgIpc) is 3.36. The first-order valence-corrected chi connectivity index (χ1v) is 10.8. The van der Waals surface area contributed by atoms with E-state index in [9.17, 15) is 4.79 Å². The molecule has 1 atom stereocenters. The maximum absolute atomic E-state index is 12.9. The van der Waals surface area contributed by atoms with Crippen molar-refractivity contribution in [3.8, 4) is 0 Å². The number of pyridine rings is 1. The van der Waals surface area contributed by atoms with E-state index in [1.54, 1.807) is 29.7 Å². The minimum Gasteiger partial charge on any atom is -0.331 e. The molecule has 7 nitrogen and oxygen atoms in total. The van der Waals surface area contributed by atoms with Gasteiger partial charge in [-0.2, -0.15) is 0 Å². The monoisotopic (exact) mass is 420 g/mol. The highest BCUT2D eigenvalue weighted by Gasteiger charge is 2.30. The van der Waals surface area contributed by atoms with Gasteiger partial charge in [-0.1, -0.05) is 6.07 Å². The molecule has 0 bridgehead atoms. The van der Waals surface area contributed by atoms with Gasteiger partial charge in [-0.05, 0) is 51.3 Å². The van der Waals surface area contributed by atoms with Crippen molar-refractivity contribution in [2.45, 2.75) is 39.7 Å². The predicted molar refractivity (Wildman–Crippen MR) is 119 cm³/mol. The fraction of sp³-hybridized carbons (Fsp3) is 0.318. The fourth-order valence-corrected chi connectivity index (χ4v) is 4.19. The number of hydrogen-bond acceptors (Lipinski definition) is 7. The number of nitrogens with one attached hydrogen (secondary N) is 1. The molecule has 0 saturated carbocycles. The lowest BCUT2D eigenvalue weighted by Crippen LogP contribution is -2.29. The molecule has 1 aliphatic rings. The van der Waals surface area contributed by atoms with Gasteiger partial charge in [-0.3, -0.25) is 4.79 Å². The van der Waals surface area contributed by atoms with Gasteiger partial charge in [0.05, 0.1) is 22.4 Å². The first kappa shape index (κ1) is 20.2. The summed E-state index contributed by atoms with van der Waals surface area (Å²) in [6.45, 7) is 6.54. The highest BCUT2D eigenvalue weighted by Crippen LogP contribution is 2.32. The van der Waals surface area contributed by atoms with Gasteiger partial charge in [0.15, 0.2) is 0 Å². The molecule has 154 valence electrons. The Morgan fingerprint density at radius 1 is 1.27 bits per heavy atom. The van der Waals surface area contributed by atoms with Crippen LogP contribution in [-0.2, 0) is 4.79 Å². The Kier molecular flexibility index (Phi) is 5.85. The minimum atomic E-state index is -0.0635. The van der Waals surface area contributed by atoms with Crippen LogP contribution in [-0.4, -0.2) is 37.3 Å². The number of amides is 1. The molecule has 1 saturated heterocycles. The normalized spacial score (nSPS) is 16.4. The van der Waals surface area contributed by atoms with E-state index >= 15 is 0 Å². The van der Waals surface area contributed by atoms with Gasteiger partial charge in [0.1, 0.15) is 17.5 Å². The Balaban J connectivity index is 1.55. The maximum atomic E-state index is 12.9. The molecule has 1 N–H and O–H groups in total. The molecule has 0 radical (unpaired) electrons. The zero-order chi connectivity index (χ0) is 21.1. The molecular weight excluding hydrogens is 396 g/mol. The van der Waals surface area contributed by atoms with Gasteiger partial charge < -0.3 is 10.2 Å².